The molecular weight excluding hydrogens is 388 g/mol. The molecule has 1 unspecified atom stereocenters. The van der Waals surface area contributed by atoms with Gasteiger partial charge in [0.2, 0.25) is 10.0 Å². The molecule has 2 aromatic carbocycles. The summed E-state index contributed by atoms with van der Waals surface area (Å²) in [7, 11) is -3.63. The van der Waals surface area contributed by atoms with Gasteiger partial charge in [0.05, 0.1) is 11.0 Å². The third-order valence-electron chi connectivity index (χ3n) is 4.35. The minimum Gasteiger partial charge on any atom is -0.377 e. The Morgan fingerprint density at radius 1 is 1.15 bits per heavy atom. The van der Waals surface area contributed by atoms with E-state index in [-0.39, 0.29) is 23.5 Å². The molecule has 0 radical (unpaired) electrons. The van der Waals surface area contributed by atoms with E-state index in [0.29, 0.717) is 23.7 Å². The number of halogens is 1. The monoisotopic (exact) mass is 408 g/mol. The quantitative estimate of drug-likeness (QED) is 0.737. The second kappa shape index (κ2) is 8.84. The van der Waals surface area contributed by atoms with Crippen molar-refractivity contribution in [3.05, 3.63) is 64.7 Å². The lowest BCUT2D eigenvalue weighted by atomic mass is 10.2. The Labute approximate surface area is 163 Å². The summed E-state index contributed by atoms with van der Waals surface area (Å²) in [5.41, 5.74) is 1.19. The van der Waals surface area contributed by atoms with E-state index in [2.05, 4.69) is 10.0 Å². The molecule has 0 bridgehead atoms. The van der Waals surface area contributed by atoms with E-state index in [1.807, 2.05) is 18.2 Å². The molecule has 1 heterocycles. The summed E-state index contributed by atoms with van der Waals surface area (Å²) in [6, 6.07) is 13.1. The highest BCUT2D eigenvalue weighted by Crippen LogP contribution is 2.16. The van der Waals surface area contributed by atoms with E-state index < -0.39 is 10.0 Å². The Hall–Kier alpha value is -1.93. The first kappa shape index (κ1) is 19.8. The van der Waals surface area contributed by atoms with Gasteiger partial charge < -0.3 is 10.1 Å². The van der Waals surface area contributed by atoms with Crippen LogP contribution in [0.4, 0.5) is 0 Å². The highest BCUT2D eigenvalue weighted by molar-refractivity contribution is 7.89. The summed E-state index contributed by atoms with van der Waals surface area (Å²) in [6.07, 6.45) is 1.73. The van der Waals surface area contributed by atoms with Gasteiger partial charge in [-0.25, -0.2) is 13.1 Å². The molecule has 3 rings (SSSR count). The van der Waals surface area contributed by atoms with Crippen LogP contribution in [0.15, 0.2) is 53.4 Å². The fourth-order valence-electron chi connectivity index (χ4n) is 2.80. The summed E-state index contributed by atoms with van der Waals surface area (Å²) in [6.45, 7) is 1.22. The van der Waals surface area contributed by atoms with Gasteiger partial charge in [0.15, 0.2) is 0 Å². The summed E-state index contributed by atoms with van der Waals surface area (Å²) in [5, 5.41) is 3.35. The van der Waals surface area contributed by atoms with Crippen molar-refractivity contribution < 1.29 is 17.9 Å². The normalized spacial score (nSPS) is 17.0. The lowest BCUT2D eigenvalue weighted by Crippen LogP contribution is -2.31. The lowest BCUT2D eigenvalue weighted by molar-refractivity contribution is 0.0951. The molecule has 27 heavy (non-hydrogen) atoms. The van der Waals surface area contributed by atoms with Crippen molar-refractivity contribution in [1.82, 2.24) is 10.0 Å². The second-order valence-electron chi connectivity index (χ2n) is 6.29. The van der Waals surface area contributed by atoms with Crippen LogP contribution in [-0.2, 0) is 21.3 Å². The average molecular weight is 409 g/mol. The lowest BCUT2D eigenvalue weighted by Gasteiger charge is -2.12. The molecule has 2 N–H and O–H groups in total. The maximum absolute atomic E-state index is 12.3. The Bertz CT molecular complexity index is 894. The van der Waals surface area contributed by atoms with Crippen molar-refractivity contribution in [3.63, 3.8) is 0 Å². The molecule has 1 aliphatic rings. The van der Waals surface area contributed by atoms with Crippen molar-refractivity contribution in [2.24, 2.45) is 0 Å². The Morgan fingerprint density at radius 3 is 2.56 bits per heavy atom. The van der Waals surface area contributed by atoms with Gasteiger partial charge in [-0.2, -0.15) is 0 Å². The standard InChI is InChI=1S/C19H21ClN2O4S/c20-18-6-2-1-4-15(18)12-21-19(23)14-7-9-17(10-8-14)27(24,25)22-13-16-5-3-11-26-16/h1-2,4,6-10,16,22H,3,5,11-13H2,(H,21,23). The highest BCUT2D eigenvalue weighted by atomic mass is 35.5. The van der Waals surface area contributed by atoms with Crippen molar-refractivity contribution >= 4 is 27.5 Å². The number of nitrogens with one attached hydrogen (secondary N) is 2. The first-order valence-electron chi connectivity index (χ1n) is 8.68. The minimum absolute atomic E-state index is 0.0744. The first-order chi connectivity index (χ1) is 13.0. The number of carbonyl (C=O) groups excluding carboxylic acids is 1. The zero-order valence-electron chi connectivity index (χ0n) is 14.7. The molecule has 1 atom stereocenters. The maximum atomic E-state index is 12.3. The molecule has 1 aliphatic heterocycles. The van der Waals surface area contributed by atoms with Crippen LogP contribution < -0.4 is 10.0 Å². The first-order valence-corrected chi connectivity index (χ1v) is 10.5. The van der Waals surface area contributed by atoms with Gasteiger partial charge in [-0.05, 0) is 48.7 Å². The molecule has 6 nitrogen and oxygen atoms in total. The maximum Gasteiger partial charge on any atom is 0.251 e. The average Bonchev–Trinajstić information content (AvgIpc) is 3.19. The molecule has 1 saturated heterocycles. The van der Waals surface area contributed by atoms with Crippen molar-refractivity contribution in [1.29, 1.82) is 0 Å². The van der Waals surface area contributed by atoms with Gasteiger partial charge in [0.1, 0.15) is 0 Å². The number of rotatable bonds is 7. The van der Waals surface area contributed by atoms with Gasteiger partial charge in [-0.1, -0.05) is 29.8 Å². The highest BCUT2D eigenvalue weighted by Gasteiger charge is 2.20. The zero-order valence-corrected chi connectivity index (χ0v) is 16.2. The molecule has 0 aliphatic carbocycles. The van der Waals surface area contributed by atoms with Gasteiger partial charge >= 0.3 is 0 Å². The molecular formula is C19H21ClN2O4S. The zero-order chi connectivity index (χ0) is 19.3. The number of benzene rings is 2. The molecule has 0 spiro atoms. The van der Waals surface area contributed by atoms with Crippen molar-refractivity contribution in [2.45, 2.75) is 30.4 Å². The van der Waals surface area contributed by atoms with Crippen LogP contribution in [0, 0.1) is 0 Å². The number of hydrogen-bond acceptors (Lipinski definition) is 4. The topological polar surface area (TPSA) is 84.5 Å². The predicted molar refractivity (Wildman–Crippen MR) is 103 cm³/mol. The van der Waals surface area contributed by atoms with Gasteiger partial charge in [0, 0.05) is 30.3 Å². The largest absolute Gasteiger partial charge is 0.377 e. The second-order valence-corrected chi connectivity index (χ2v) is 8.46. The van der Waals surface area contributed by atoms with E-state index in [1.165, 1.54) is 24.3 Å². The molecule has 0 aromatic heterocycles. The SMILES string of the molecule is O=C(NCc1ccccc1Cl)c1ccc(S(=O)(=O)NCC2CCCO2)cc1. The van der Waals surface area contributed by atoms with Crippen LogP contribution in [0.3, 0.4) is 0 Å². The van der Waals surface area contributed by atoms with Gasteiger partial charge in [-0.15, -0.1) is 0 Å². The van der Waals surface area contributed by atoms with Gasteiger partial charge in [-0.3, -0.25) is 4.79 Å². The van der Waals surface area contributed by atoms with E-state index in [4.69, 9.17) is 16.3 Å². The number of ether oxygens (including phenoxy) is 1. The van der Waals surface area contributed by atoms with Crippen LogP contribution in [0.1, 0.15) is 28.8 Å². The van der Waals surface area contributed by atoms with Crippen LogP contribution in [0.25, 0.3) is 0 Å². The fraction of sp³-hybridized carbons (Fsp3) is 0.316. The molecule has 1 fully saturated rings. The van der Waals surface area contributed by atoms with E-state index >= 15 is 0 Å². The smallest absolute Gasteiger partial charge is 0.251 e. The third kappa shape index (κ3) is 5.29. The molecule has 2 aromatic rings. The van der Waals surface area contributed by atoms with Crippen molar-refractivity contribution in [3.8, 4) is 0 Å². The minimum atomic E-state index is -3.63. The van der Waals surface area contributed by atoms with Crippen LogP contribution in [0.2, 0.25) is 5.02 Å². The van der Waals surface area contributed by atoms with Crippen LogP contribution >= 0.6 is 11.6 Å². The Morgan fingerprint density at radius 2 is 1.89 bits per heavy atom. The van der Waals surface area contributed by atoms with E-state index in [1.54, 1.807) is 6.07 Å². The molecule has 0 saturated carbocycles. The molecule has 144 valence electrons. The molecule has 1 amide bonds. The Kier molecular flexibility index (Phi) is 6.49. The van der Waals surface area contributed by atoms with E-state index in [0.717, 1.165) is 18.4 Å². The summed E-state index contributed by atoms with van der Waals surface area (Å²) in [4.78, 5) is 12.4. The predicted octanol–water partition coefficient (Wildman–Crippen LogP) is 2.73. The summed E-state index contributed by atoms with van der Waals surface area (Å²) in [5.74, 6) is -0.300. The summed E-state index contributed by atoms with van der Waals surface area (Å²) < 4.78 is 32.6. The summed E-state index contributed by atoms with van der Waals surface area (Å²) >= 11 is 6.07. The fourth-order valence-corrected chi connectivity index (χ4v) is 4.07. The number of carbonyl (C=O) groups is 1. The van der Waals surface area contributed by atoms with Crippen molar-refractivity contribution in [2.75, 3.05) is 13.2 Å². The number of hydrogen-bond donors (Lipinski definition) is 2. The van der Waals surface area contributed by atoms with E-state index in [9.17, 15) is 13.2 Å². The number of sulfonamides is 1. The number of amides is 1. The third-order valence-corrected chi connectivity index (χ3v) is 6.16. The van der Waals surface area contributed by atoms with Crippen LogP contribution in [-0.4, -0.2) is 33.6 Å². The van der Waals surface area contributed by atoms with Gasteiger partial charge in [0.25, 0.3) is 5.91 Å². The van der Waals surface area contributed by atoms with Crippen LogP contribution in [0.5, 0.6) is 0 Å². The Balaban J connectivity index is 1.58. The molecule has 8 heteroatoms.